The van der Waals surface area contributed by atoms with Gasteiger partial charge in [0.1, 0.15) is 11.6 Å². The molecule has 0 atom stereocenters. The smallest absolute Gasteiger partial charge is 0.317 e. The second kappa shape index (κ2) is 18.2. The fraction of sp³-hybridized carbons (Fsp3) is 0.533. The Balaban J connectivity index is 0.000000224. The molecule has 2 N–H and O–H groups in total. The Hall–Kier alpha value is -3.09. The third-order valence-corrected chi connectivity index (χ3v) is 6.78. The van der Waals surface area contributed by atoms with Crippen LogP contribution in [0.15, 0.2) is 53.5 Å². The van der Waals surface area contributed by atoms with Crippen molar-refractivity contribution in [3.8, 4) is 0 Å². The lowest BCUT2D eigenvalue weighted by molar-refractivity contribution is 0.198. The van der Waals surface area contributed by atoms with Crippen molar-refractivity contribution in [2.45, 2.75) is 89.4 Å². The quantitative estimate of drug-likeness (QED) is 0.332. The van der Waals surface area contributed by atoms with E-state index in [1.807, 2.05) is 6.07 Å². The molecular formula is C30H42F2N4O2. The van der Waals surface area contributed by atoms with Gasteiger partial charge in [-0.15, -0.1) is 0 Å². The number of carbonyl (C=O) groups is 1. The summed E-state index contributed by atoms with van der Waals surface area (Å²) in [6.07, 6.45) is 13.3. The molecule has 2 aromatic carbocycles. The normalized spacial score (nSPS) is 15.6. The average molecular weight is 529 g/mol. The van der Waals surface area contributed by atoms with Crippen molar-refractivity contribution in [2.75, 3.05) is 14.1 Å². The molecule has 2 saturated carbocycles. The summed E-state index contributed by atoms with van der Waals surface area (Å²) in [6, 6.07) is 13.8. The topological polar surface area (TPSA) is 73.8 Å². The number of nitrogens with zero attached hydrogens (tertiary/aromatic N) is 2. The van der Waals surface area contributed by atoms with Gasteiger partial charge in [0.2, 0.25) is 6.08 Å². The summed E-state index contributed by atoms with van der Waals surface area (Å²) in [5.41, 5.74) is 1.26. The molecule has 208 valence electrons. The van der Waals surface area contributed by atoms with Crippen LogP contribution in [0.2, 0.25) is 0 Å². The van der Waals surface area contributed by atoms with E-state index in [-0.39, 0.29) is 23.7 Å². The van der Waals surface area contributed by atoms with E-state index in [4.69, 9.17) is 0 Å². The van der Waals surface area contributed by atoms with Crippen molar-refractivity contribution in [3.63, 3.8) is 0 Å². The number of hydrogen-bond acceptors (Lipinski definition) is 4. The number of aliphatic imine (C=N–C) groups is 1. The van der Waals surface area contributed by atoms with Gasteiger partial charge in [0, 0.05) is 37.3 Å². The van der Waals surface area contributed by atoms with E-state index in [0.29, 0.717) is 30.3 Å². The van der Waals surface area contributed by atoms with Crippen LogP contribution in [0.25, 0.3) is 0 Å². The van der Waals surface area contributed by atoms with Gasteiger partial charge in [0.15, 0.2) is 0 Å². The molecule has 0 aromatic heterocycles. The SMILES string of the molecule is CN(Cc1ccccc1F)C(=O)NC1CCCCC1.CNCc1ccccc1F.O=C=NC1CCCCC1. The maximum absolute atomic E-state index is 13.5. The summed E-state index contributed by atoms with van der Waals surface area (Å²) >= 11 is 0. The number of amides is 2. The van der Waals surface area contributed by atoms with Crippen molar-refractivity contribution in [2.24, 2.45) is 4.99 Å². The molecule has 0 radical (unpaired) electrons. The monoisotopic (exact) mass is 528 g/mol. The summed E-state index contributed by atoms with van der Waals surface area (Å²) in [5.74, 6) is -0.406. The zero-order valence-electron chi connectivity index (χ0n) is 22.7. The minimum absolute atomic E-state index is 0.116. The Morgan fingerprint density at radius 2 is 1.42 bits per heavy atom. The number of benzene rings is 2. The summed E-state index contributed by atoms with van der Waals surface area (Å²) in [5, 5.41) is 5.91. The largest absolute Gasteiger partial charge is 0.335 e. The number of nitrogens with one attached hydrogen (secondary N) is 2. The highest BCUT2D eigenvalue weighted by atomic mass is 19.1. The molecule has 2 aliphatic carbocycles. The molecule has 6 nitrogen and oxygen atoms in total. The van der Waals surface area contributed by atoms with Gasteiger partial charge in [-0.2, -0.15) is 0 Å². The maximum atomic E-state index is 13.5. The number of hydrogen-bond donors (Lipinski definition) is 2. The van der Waals surface area contributed by atoms with Crippen LogP contribution in [0, 0.1) is 11.6 Å². The van der Waals surface area contributed by atoms with Crippen LogP contribution in [0.5, 0.6) is 0 Å². The predicted octanol–water partition coefficient (Wildman–Crippen LogP) is 6.50. The highest BCUT2D eigenvalue weighted by Crippen LogP contribution is 2.19. The van der Waals surface area contributed by atoms with E-state index in [1.165, 1.54) is 55.6 Å². The lowest BCUT2D eigenvalue weighted by atomic mass is 9.96. The molecule has 8 heteroatoms. The molecule has 0 aliphatic heterocycles. The Morgan fingerprint density at radius 3 is 1.95 bits per heavy atom. The van der Waals surface area contributed by atoms with Crippen molar-refractivity contribution in [1.29, 1.82) is 0 Å². The summed E-state index contributed by atoms with van der Waals surface area (Å²) in [6.45, 7) is 0.887. The van der Waals surface area contributed by atoms with Gasteiger partial charge >= 0.3 is 6.03 Å². The minimum Gasteiger partial charge on any atom is -0.335 e. The predicted molar refractivity (Wildman–Crippen MR) is 147 cm³/mol. The second-order valence-corrected chi connectivity index (χ2v) is 9.87. The van der Waals surface area contributed by atoms with Gasteiger partial charge < -0.3 is 15.5 Å². The van der Waals surface area contributed by atoms with E-state index in [1.54, 1.807) is 50.5 Å². The fourth-order valence-corrected chi connectivity index (χ4v) is 4.60. The van der Waals surface area contributed by atoms with E-state index in [9.17, 15) is 18.4 Å². The van der Waals surface area contributed by atoms with E-state index in [0.717, 1.165) is 25.7 Å². The molecule has 0 heterocycles. The lowest BCUT2D eigenvalue weighted by Crippen LogP contribution is -2.43. The van der Waals surface area contributed by atoms with Crippen molar-refractivity contribution >= 4 is 12.1 Å². The van der Waals surface area contributed by atoms with Crippen molar-refractivity contribution in [1.82, 2.24) is 15.5 Å². The Kier molecular flexibility index (Phi) is 14.9. The second-order valence-electron chi connectivity index (χ2n) is 9.87. The molecule has 0 saturated heterocycles. The highest BCUT2D eigenvalue weighted by Gasteiger charge is 2.18. The Bertz CT molecular complexity index is 1000. The lowest BCUT2D eigenvalue weighted by Gasteiger charge is -2.26. The van der Waals surface area contributed by atoms with E-state index in [2.05, 4.69) is 15.6 Å². The number of carbonyl (C=O) groups excluding carboxylic acids is 2. The first kappa shape index (κ1) is 31.1. The van der Waals surface area contributed by atoms with E-state index < -0.39 is 0 Å². The zero-order valence-corrected chi connectivity index (χ0v) is 22.7. The molecule has 2 amide bonds. The Labute approximate surface area is 225 Å². The molecule has 0 unspecified atom stereocenters. The third kappa shape index (κ3) is 12.0. The van der Waals surface area contributed by atoms with Crippen LogP contribution in [0.4, 0.5) is 13.6 Å². The van der Waals surface area contributed by atoms with Crippen LogP contribution in [-0.4, -0.2) is 43.2 Å². The number of isocyanates is 1. The van der Waals surface area contributed by atoms with Gasteiger partial charge in [0.25, 0.3) is 0 Å². The molecule has 2 aromatic rings. The number of urea groups is 1. The molecule has 2 aliphatic rings. The number of halogens is 2. The molecular weight excluding hydrogens is 486 g/mol. The third-order valence-electron chi connectivity index (χ3n) is 6.78. The van der Waals surface area contributed by atoms with Gasteiger partial charge in [-0.1, -0.05) is 74.9 Å². The average Bonchev–Trinajstić information content (AvgIpc) is 2.93. The molecule has 0 bridgehead atoms. The fourth-order valence-electron chi connectivity index (χ4n) is 4.60. The summed E-state index contributed by atoms with van der Waals surface area (Å²) in [7, 11) is 3.50. The van der Waals surface area contributed by atoms with Crippen LogP contribution < -0.4 is 10.6 Å². The zero-order chi connectivity index (χ0) is 27.6. The minimum atomic E-state index is -0.264. The standard InChI is InChI=1S/C15H21FN2O.C8H10FN.C7H11NO/c1-18(11-12-7-5-6-10-14(12)16)15(19)17-13-8-3-2-4-9-13;1-10-6-7-4-2-3-5-8(7)9;9-6-8-7-4-2-1-3-5-7/h5-7,10,13H,2-4,8-9,11H2,1H3,(H,17,19);2-5,10H,6H2,1H3;7H,1-5H2. The van der Waals surface area contributed by atoms with Crippen LogP contribution in [0.3, 0.4) is 0 Å². The van der Waals surface area contributed by atoms with E-state index >= 15 is 0 Å². The molecule has 2 fully saturated rings. The first-order valence-corrected chi connectivity index (χ1v) is 13.6. The molecule has 0 spiro atoms. The Morgan fingerprint density at radius 1 is 0.895 bits per heavy atom. The van der Waals surface area contributed by atoms with Gasteiger partial charge in [0.05, 0.1) is 6.04 Å². The molecule has 4 rings (SSSR count). The van der Waals surface area contributed by atoms with Crippen LogP contribution >= 0.6 is 0 Å². The van der Waals surface area contributed by atoms with Gasteiger partial charge in [-0.05, 0) is 44.9 Å². The first-order chi connectivity index (χ1) is 18.4. The first-order valence-electron chi connectivity index (χ1n) is 13.6. The number of rotatable bonds is 6. The molecule has 38 heavy (non-hydrogen) atoms. The highest BCUT2D eigenvalue weighted by molar-refractivity contribution is 5.74. The summed E-state index contributed by atoms with van der Waals surface area (Å²) in [4.78, 5) is 27.0. The van der Waals surface area contributed by atoms with Crippen LogP contribution in [-0.2, 0) is 17.9 Å². The van der Waals surface area contributed by atoms with Crippen molar-refractivity contribution in [3.05, 3.63) is 71.3 Å². The van der Waals surface area contributed by atoms with Gasteiger partial charge in [-0.3, -0.25) is 0 Å². The maximum Gasteiger partial charge on any atom is 0.317 e. The van der Waals surface area contributed by atoms with Gasteiger partial charge in [-0.25, -0.2) is 23.4 Å². The van der Waals surface area contributed by atoms with Crippen LogP contribution in [0.1, 0.15) is 75.3 Å². The summed E-state index contributed by atoms with van der Waals surface area (Å²) < 4.78 is 26.3. The van der Waals surface area contributed by atoms with Crippen molar-refractivity contribution < 1.29 is 18.4 Å².